The largest absolute Gasteiger partial charge is 0.486 e. The van der Waals surface area contributed by atoms with Crippen molar-refractivity contribution in [2.75, 3.05) is 4.72 Å². The Kier molecular flexibility index (Phi) is 5.43. The molecule has 1 aromatic heterocycles. The number of halogens is 2. The van der Waals surface area contributed by atoms with E-state index in [-0.39, 0.29) is 16.6 Å². The maximum atomic E-state index is 12.3. The number of rotatable bonds is 6. The molecule has 0 saturated carbocycles. The lowest BCUT2D eigenvalue weighted by Crippen LogP contribution is -2.12. The fourth-order valence-electron chi connectivity index (χ4n) is 1.82. The van der Waals surface area contributed by atoms with Crippen LogP contribution in [0.15, 0.2) is 53.4 Å². The molecule has 25 heavy (non-hydrogen) atoms. The molecule has 10 heteroatoms. The minimum absolute atomic E-state index is 0.0889. The molecular formula is C15H11Cl2N3O3S2. The van der Waals surface area contributed by atoms with Gasteiger partial charge in [0.25, 0.3) is 10.0 Å². The van der Waals surface area contributed by atoms with Gasteiger partial charge in [-0.3, -0.25) is 4.72 Å². The van der Waals surface area contributed by atoms with Crippen LogP contribution in [-0.2, 0) is 16.6 Å². The summed E-state index contributed by atoms with van der Waals surface area (Å²) in [5.74, 6) is 0.628. The SMILES string of the molecule is O=S(=O)(Nc1nnc(COc2ccc(Cl)cc2)s1)c1ccc(Cl)cc1. The summed E-state index contributed by atoms with van der Waals surface area (Å²) in [7, 11) is -3.74. The van der Waals surface area contributed by atoms with Crippen LogP contribution < -0.4 is 9.46 Å². The molecule has 3 rings (SSSR count). The Hall–Kier alpha value is -1.87. The van der Waals surface area contributed by atoms with Gasteiger partial charge >= 0.3 is 0 Å². The number of benzene rings is 2. The van der Waals surface area contributed by atoms with Crippen LogP contribution in [0.1, 0.15) is 5.01 Å². The van der Waals surface area contributed by atoms with Crippen molar-refractivity contribution in [3.63, 3.8) is 0 Å². The summed E-state index contributed by atoms with van der Waals surface area (Å²) in [6, 6.07) is 12.7. The van der Waals surface area contributed by atoms with E-state index >= 15 is 0 Å². The molecule has 0 bridgehead atoms. The number of aromatic nitrogens is 2. The molecule has 0 radical (unpaired) electrons. The second-order valence-corrected chi connectivity index (χ2v) is 8.42. The molecule has 3 aromatic rings. The van der Waals surface area contributed by atoms with Gasteiger partial charge in [-0.25, -0.2) is 8.42 Å². The standard InChI is InChI=1S/C15H11Cl2N3O3S2/c16-10-1-5-12(6-2-10)23-9-14-18-19-15(24-14)20-25(21,22)13-7-3-11(17)4-8-13/h1-8H,9H2,(H,19,20). The highest BCUT2D eigenvalue weighted by molar-refractivity contribution is 7.93. The number of ether oxygens (including phenoxy) is 1. The van der Waals surface area contributed by atoms with E-state index in [4.69, 9.17) is 27.9 Å². The van der Waals surface area contributed by atoms with Gasteiger partial charge in [0.15, 0.2) is 5.01 Å². The Morgan fingerprint density at radius 1 is 0.960 bits per heavy atom. The first-order chi connectivity index (χ1) is 11.9. The summed E-state index contributed by atoms with van der Waals surface area (Å²) in [6.07, 6.45) is 0. The van der Waals surface area contributed by atoms with Crippen LogP contribution in [0.3, 0.4) is 0 Å². The lowest BCUT2D eigenvalue weighted by molar-refractivity contribution is 0.304. The van der Waals surface area contributed by atoms with Gasteiger partial charge in [-0.1, -0.05) is 34.5 Å². The molecule has 1 heterocycles. The van der Waals surface area contributed by atoms with E-state index in [1.807, 2.05) is 0 Å². The highest BCUT2D eigenvalue weighted by atomic mass is 35.5. The lowest BCUT2D eigenvalue weighted by atomic mass is 10.3. The third-order valence-electron chi connectivity index (χ3n) is 2.99. The Morgan fingerprint density at radius 3 is 2.20 bits per heavy atom. The van der Waals surface area contributed by atoms with Crippen LogP contribution >= 0.6 is 34.5 Å². The number of anilines is 1. The zero-order valence-corrected chi connectivity index (χ0v) is 15.7. The maximum Gasteiger partial charge on any atom is 0.263 e. The summed E-state index contributed by atoms with van der Waals surface area (Å²) < 4.78 is 32.5. The molecule has 6 nitrogen and oxygen atoms in total. The average Bonchev–Trinajstić information content (AvgIpc) is 3.01. The second-order valence-electron chi connectivity index (χ2n) is 4.80. The molecule has 0 amide bonds. The first-order valence-corrected chi connectivity index (χ1v) is 9.97. The molecular weight excluding hydrogens is 405 g/mol. The number of hydrogen-bond acceptors (Lipinski definition) is 6. The van der Waals surface area contributed by atoms with Gasteiger partial charge in [0.2, 0.25) is 5.13 Å². The van der Waals surface area contributed by atoms with Crippen molar-refractivity contribution in [2.24, 2.45) is 0 Å². The third-order valence-corrected chi connectivity index (χ3v) is 5.79. The minimum Gasteiger partial charge on any atom is -0.486 e. The minimum atomic E-state index is -3.74. The average molecular weight is 416 g/mol. The Balaban J connectivity index is 1.64. The molecule has 0 atom stereocenters. The monoisotopic (exact) mass is 415 g/mol. The summed E-state index contributed by atoms with van der Waals surface area (Å²) in [5, 5.41) is 9.49. The highest BCUT2D eigenvalue weighted by Crippen LogP contribution is 2.23. The molecule has 0 spiro atoms. The first kappa shape index (κ1) is 17.9. The predicted octanol–water partition coefficient (Wildman–Crippen LogP) is 4.22. The van der Waals surface area contributed by atoms with Gasteiger partial charge in [0.1, 0.15) is 12.4 Å². The molecule has 0 saturated heterocycles. The third kappa shape index (κ3) is 4.82. The van der Waals surface area contributed by atoms with Gasteiger partial charge < -0.3 is 4.74 Å². The van der Waals surface area contributed by atoms with Crippen LogP contribution in [0.25, 0.3) is 0 Å². The lowest BCUT2D eigenvalue weighted by Gasteiger charge is -2.04. The van der Waals surface area contributed by atoms with Crippen molar-refractivity contribution in [3.05, 3.63) is 63.6 Å². The Labute approximate surface area is 158 Å². The Morgan fingerprint density at radius 2 is 1.56 bits per heavy atom. The molecule has 0 aliphatic heterocycles. The molecule has 0 fully saturated rings. The van der Waals surface area contributed by atoms with Crippen LogP contribution in [0, 0.1) is 0 Å². The van der Waals surface area contributed by atoms with Crippen molar-refractivity contribution >= 4 is 49.7 Å². The summed E-state index contributed by atoms with van der Waals surface area (Å²) in [4.78, 5) is 0.0889. The van der Waals surface area contributed by atoms with Crippen molar-refractivity contribution in [1.29, 1.82) is 0 Å². The van der Waals surface area contributed by atoms with E-state index in [9.17, 15) is 8.42 Å². The highest BCUT2D eigenvalue weighted by Gasteiger charge is 2.17. The van der Waals surface area contributed by atoms with Crippen molar-refractivity contribution in [1.82, 2.24) is 10.2 Å². The predicted molar refractivity (Wildman–Crippen MR) is 98.0 cm³/mol. The summed E-state index contributed by atoms with van der Waals surface area (Å²) >= 11 is 12.7. The number of nitrogens with zero attached hydrogens (tertiary/aromatic N) is 2. The van der Waals surface area contributed by atoms with Gasteiger partial charge in [0.05, 0.1) is 4.90 Å². The summed E-state index contributed by atoms with van der Waals surface area (Å²) in [6.45, 7) is 0.169. The smallest absolute Gasteiger partial charge is 0.263 e. The topological polar surface area (TPSA) is 81.2 Å². The zero-order valence-electron chi connectivity index (χ0n) is 12.5. The van der Waals surface area contributed by atoms with E-state index < -0.39 is 10.0 Å². The first-order valence-electron chi connectivity index (χ1n) is 6.91. The van der Waals surface area contributed by atoms with E-state index in [2.05, 4.69) is 14.9 Å². The maximum absolute atomic E-state index is 12.3. The normalized spacial score (nSPS) is 11.3. The quantitative estimate of drug-likeness (QED) is 0.651. The van der Waals surface area contributed by atoms with E-state index in [0.29, 0.717) is 20.8 Å². The fraction of sp³-hybridized carbons (Fsp3) is 0.0667. The number of nitrogens with one attached hydrogen (secondary N) is 1. The van der Waals surface area contributed by atoms with Crippen LogP contribution in [0.2, 0.25) is 10.0 Å². The molecule has 0 aliphatic rings. The van der Waals surface area contributed by atoms with Crippen molar-refractivity contribution < 1.29 is 13.2 Å². The van der Waals surface area contributed by atoms with Crippen LogP contribution in [-0.4, -0.2) is 18.6 Å². The zero-order chi connectivity index (χ0) is 17.9. The molecule has 130 valence electrons. The number of sulfonamides is 1. The van der Waals surface area contributed by atoms with E-state index in [1.54, 1.807) is 24.3 Å². The van der Waals surface area contributed by atoms with E-state index in [0.717, 1.165) is 11.3 Å². The Bertz CT molecular complexity index is 958. The summed E-state index contributed by atoms with van der Waals surface area (Å²) in [5.41, 5.74) is 0. The fourth-order valence-corrected chi connectivity index (χ4v) is 3.95. The van der Waals surface area contributed by atoms with Gasteiger partial charge in [0, 0.05) is 10.0 Å². The molecule has 2 aromatic carbocycles. The van der Waals surface area contributed by atoms with Gasteiger partial charge in [-0.2, -0.15) is 0 Å². The second kappa shape index (κ2) is 7.57. The molecule has 0 unspecified atom stereocenters. The van der Waals surface area contributed by atoms with Gasteiger partial charge in [-0.05, 0) is 48.5 Å². The van der Waals surface area contributed by atoms with Gasteiger partial charge in [-0.15, -0.1) is 10.2 Å². The number of hydrogen-bond donors (Lipinski definition) is 1. The van der Waals surface area contributed by atoms with Crippen molar-refractivity contribution in [2.45, 2.75) is 11.5 Å². The molecule has 1 N–H and O–H groups in total. The van der Waals surface area contributed by atoms with Crippen LogP contribution in [0.4, 0.5) is 5.13 Å². The van der Waals surface area contributed by atoms with E-state index in [1.165, 1.54) is 24.3 Å². The molecule has 0 aliphatic carbocycles. The van der Waals surface area contributed by atoms with Crippen molar-refractivity contribution in [3.8, 4) is 5.75 Å². The van der Waals surface area contributed by atoms with Crippen LogP contribution in [0.5, 0.6) is 5.75 Å².